The lowest BCUT2D eigenvalue weighted by atomic mass is 9.46. The molecule has 0 radical (unpaired) electrons. The van der Waals surface area contributed by atoms with Crippen molar-refractivity contribution in [3.8, 4) is 0 Å². The molecule has 29 heavy (non-hydrogen) atoms. The molecule has 4 atom stereocenters. The quantitative estimate of drug-likeness (QED) is 0.465. The second-order valence-electron chi connectivity index (χ2n) is 9.38. The molecule has 0 amide bonds. The standard InChI is InChI=1S/C24H34O5/c1-17-5-4-6-20-23(17,2)13-10-19(16-29-22(27)8-7-21(25)26)24(20,3)12-9-18-11-14-28-15-18/h5,11,14-15,19-20H,4,6-10,12-13,16H2,1-3H3,(H,25,26)/t19-,20-,23-,24-/m0/s1. The van der Waals surface area contributed by atoms with Crippen molar-refractivity contribution in [2.45, 2.75) is 72.1 Å². The van der Waals surface area contributed by atoms with Crippen LogP contribution in [0, 0.1) is 22.7 Å². The first kappa shape index (κ1) is 21.7. The summed E-state index contributed by atoms with van der Waals surface area (Å²) in [6.07, 6.45) is 12.1. The van der Waals surface area contributed by atoms with Crippen molar-refractivity contribution in [2.75, 3.05) is 6.61 Å². The van der Waals surface area contributed by atoms with Crippen LogP contribution in [0.5, 0.6) is 0 Å². The fraction of sp³-hybridized carbons (Fsp3) is 0.667. The molecule has 0 unspecified atom stereocenters. The van der Waals surface area contributed by atoms with Gasteiger partial charge in [0.15, 0.2) is 0 Å². The number of rotatable bonds is 8. The molecular formula is C24H34O5. The summed E-state index contributed by atoms with van der Waals surface area (Å²) in [5.41, 5.74) is 2.96. The number of ether oxygens (including phenoxy) is 1. The smallest absolute Gasteiger partial charge is 0.306 e. The van der Waals surface area contributed by atoms with Crippen LogP contribution in [-0.4, -0.2) is 23.7 Å². The van der Waals surface area contributed by atoms with Crippen LogP contribution in [0.1, 0.15) is 71.3 Å². The van der Waals surface area contributed by atoms with Crippen molar-refractivity contribution in [3.63, 3.8) is 0 Å². The highest BCUT2D eigenvalue weighted by Gasteiger charge is 2.54. The Morgan fingerprint density at radius 3 is 2.76 bits per heavy atom. The average Bonchev–Trinajstić information content (AvgIpc) is 3.20. The SMILES string of the molecule is CC1=CCC[C@@H]2[C@@](C)(CCc3ccoc3)[C@H](COC(=O)CCC(=O)O)CC[C@@]12C. The van der Waals surface area contributed by atoms with Gasteiger partial charge in [-0.15, -0.1) is 0 Å². The first-order valence-electron chi connectivity index (χ1n) is 10.8. The first-order valence-corrected chi connectivity index (χ1v) is 10.8. The Bertz CT molecular complexity index is 749. The third-order valence-electron chi connectivity index (χ3n) is 7.84. The van der Waals surface area contributed by atoms with E-state index in [0.29, 0.717) is 12.5 Å². The van der Waals surface area contributed by atoms with Crippen molar-refractivity contribution < 1.29 is 23.8 Å². The van der Waals surface area contributed by atoms with Gasteiger partial charge in [0.2, 0.25) is 0 Å². The van der Waals surface area contributed by atoms with E-state index in [-0.39, 0.29) is 29.6 Å². The predicted molar refractivity (Wildman–Crippen MR) is 110 cm³/mol. The number of allylic oxidation sites excluding steroid dienone is 2. The normalized spacial score (nSPS) is 31.6. The van der Waals surface area contributed by atoms with Gasteiger partial charge in [-0.1, -0.05) is 25.5 Å². The van der Waals surface area contributed by atoms with Gasteiger partial charge in [-0.25, -0.2) is 0 Å². The fourth-order valence-corrected chi connectivity index (χ4v) is 5.79. The van der Waals surface area contributed by atoms with Gasteiger partial charge in [-0.05, 0) is 79.7 Å². The summed E-state index contributed by atoms with van der Waals surface area (Å²) in [6, 6.07) is 2.03. The molecule has 1 saturated carbocycles. The lowest BCUT2D eigenvalue weighted by Gasteiger charge is -2.58. The van der Waals surface area contributed by atoms with E-state index in [1.54, 1.807) is 6.26 Å². The summed E-state index contributed by atoms with van der Waals surface area (Å²) in [5, 5.41) is 8.78. The Morgan fingerprint density at radius 2 is 2.07 bits per heavy atom. The lowest BCUT2D eigenvalue weighted by molar-refractivity contribution is -0.153. The number of aryl methyl sites for hydroxylation is 1. The lowest BCUT2D eigenvalue weighted by Crippen LogP contribution is -2.51. The molecule has 1 aromatic heterocycles. The largest absolute Gasteiger partial charge is 0.481 e. The van der Waals surface area contributed by atoms with Crippen LogP contribution in [-0.2, 0) is 20.7 Å². The number of hydrogen-bond acceptors (Lipinski definition) is 4. The Hall–Kier alpha value is -2.04. The molecule has 2 aliphatic rings. The summed E-state index contributed by atoms with van der Waals surface area (Å²) in [6.45, 7) is 7.45. The van der Waals surface area contributed by atoms with E-state index in [9.17, 15) is 9.59 Å². The van der Waals surface area contributed by atoms with Crippen molar-refractivity contribution in [3.05, 3.63) is 35.8 Å². The molecule has 3 rings (SSSR count). The number of carbonyl (C=O) groups excluding carboxylic acids is 1. The van der Waals surface area contributed by atoms with Gasteiger partial charge in [0.25, 0.3) is 0 Å². The minimum Gasteiger partial charge on any atom is -0.481 e. The van der Waals surface area contributed by atoms with E-state index in [2.05, 4.69) is 26.8 Å². The van der Waals surface area contributed by atoms with Gasteiger partial charge < -0.3 is 14.3 Å². The molecule has 0 bridgehead atoms. The maximum absolute atomic E-state index is 12.0. The molecule has 0 aromatic carbocycles. The highest BCUT2D eigenvalue weighted by Crippen LogP contribution is 2.61. The topological polar surface area (TPSA) is 76.7 Å². The highest BCUT2D eigenvalue weighted by atomic mass is 16.5. The molecule has 160 valence electrons. The molecule has 1 aromatic rings. The number of aliphatic carboxylic acids is 1. The van der Waals surface area contributed by atoms with Gasteiger partial charge >= 0.3 is 11.9 Å². The van der Waals surface area contributed by atoms with Crippen LogP contribution in [0.15, 0.2) is 34.7 Å². The van der Waals surface area contributed by atoms with Gasteiger partial charge in [0.05, 0.1) is 32.0 Å². The van der Waals surface area contributed by atoms with E-state index in [0.717, 1.165) is 32.1 Å². The van der Waals surface area contributed by atoms with Gasteiger partial charge in [0, 0.05) is 0 Å². The predicted octanol–water partition coefficient (Wildman–Crippen LogP) is 5.40. The summed E-state index contributed by atoms with van der Waals surface area (Å²) >= 11 is 0. The summed E-state index contributed by atoms with van der Waals surface area (Å²) in [5.74, 6) is -0.544. The van der Waals surface area contributed by atoms with Crippen molar-refractivity contribution in [1.29, 1.82) is 0 Å². The minimum atomic E-state index is -0.968. The second kappa shape index (κ2) is 8.76. The third kappa shape index (κ3) is 4.59. The van der Waals surface area contributed by atoms with Crippen LogP contribution in [0.3, 0.4) is 0 Å². The Labute approximate surface area is 173 Å². The van der Waals surface area contributed by atoms with Gasteiger partial charge in [0.1, 0.15) is 0 Å². The van der Waals surface area contributed by atoms with E-state index >= 15 is 0 Å². The highest BCUT2D eigenvalue weighted by molar-refractivity contribution is 5.76. The van der Waals surface area contributed by atoms with E-state index < -0.39 is 11.9 Å². The van der Waals surface area contributed by atoms with Crippen molar-refractivity contribution in [1.82, 2.24) is 0 Å². The zero-order valence-electron chi connectivity index (χ0n) is 17.9. The number of carboxylic acids is 1. The molecule has 1 heterocycles. The Kier molecular flexibility index (Phi) is 6.55. The van der Waals surface area contributed by atoms with Crippen molar-refractivity contribution in [2.24, 2.45) is 22.7 Å². The van der Waals surface area contributed by atoms with E-state index in [1.807, 2.05) is 12.3 Å². The molecule has 0 saturated heterocycles. The number of fused-ring (bicyclic) bond motifs is 1. The summed E-state index contributed by atoms with van der Waals surface area (Å²) < 4.78 is 10.8. The van der Waals surface area contributed by atoms with E-state index in [4.69, 9.17) is 14.3 Å². The van der Waals surface area contributed by atoms with Crippen LogP contribution in [0.2, 0.25) is 0 Å². The minimum absolute atomic E-state index is 0.0485. The maximum atomic E-state index is 12.0. The van der Waals surface area contributed by atoms with Crippen LogP contribution >= 0.6 is 0 Å². The van der Waals surface area contributed by atoms with E-state index in [1.165, 1.54) is 17.6 Å². The number of esters is 1. The number of hydrogen-bond donors (Lipinski definition) is 1. The second-order valence-corrected chi connectivity index (χ2v) is 9.38. The van der Waals surface area contributed by atoms with Crippen LogP contribution in [0.4, 0.5) is 0 Å². The van der Waals surface area contributed by atoms with Crippen molar-refractivity contribution >= 4 is 11.9 Å². The number of carbonyl (C=O) groups is 2. The number of furan rings is 1. The van der Waals surface area contributed by atoms with Crippen LogP contribution < -0.4 is 0 Å². The molecular weight excluding hydrogens is 368 g/mol. The maximum Gasteiger partial charge on any atom is 0.306 e. The molecule has 0 aliphatic heterocycles. The molecule has 5 nitrogen and oxygen atoms in total. The fourth-order valence-electron chi connectivity index (χ4n) is 5.79. The summed E-state index contributed by atoms with van der Waals surface area (Å²) in [7, 11) is 0. The zero-order chi connectivity index (χ0) is 21.1. The zero-order valence-corrected chi connectivity index (χ0v) is 17.9. The van der Waals surface area contributed by atoms with Crippen LogP contribution in [0.25, 0.3) is 0 Å². The molecule has 1 N–H and O–H groups in total. The van der Waals surface area contributed by atoms with Gasteiger partial charge in [-0.3, -0.25) is 9.59 Å². The molecule has 1 fully saturated rings. The first-order chi connectivity index (χ1) is 13.8. The van der Waals surface area contributed by atoms with Gasteiger partial charge in [-0.2, -0.15) is 0 Å². The molecule has 0 spiro atoms. The summed E-state index contributed by atoms with van der Waals surface area (Å²) in [4.78, 5) is 22.7. The number of carboxylic acid groups (broad SMARTS) is 1. The Balaban J connectivity index is 1.76. The molecule has 2 aliphatic carbocycles. The Morgan fingerprint density at radius 1 is 1.28 bits per heavy atom. The average molecular weight is 403 g/mol. The monoisotopic (exact) mass is 402 g/mol. The molecule has 5 heteroatoms. The third-order valence-corrected chi connectivity index (χ3v) is 7.84.